The van der Waals surface area contributed by atoms with Crippen LogP contribution in [-0.4, -0.2) is 24.9 Å². The smallest absolute Gasteiger partial charge is 0.271 e. The summed E-state index contributed by atoms with van der Waals surface area (Å²) in [5.41, 5.74) is 4.11. The highest BCUT2D eigenvalue weighted by Gasteiger charge is 2.05. The third-order valence-corrected chi connectivity index (χ3v) is 2.95. The lowest BCUT2D eigenvalue weighted by atomic mass is 10.2. The molecule has 0 unspecified atom stereocenters. The number of ether oxygens (including phenoxy) is 2. The van der Waals surface area contributed by atoms with E-state index in [1.165, 1.54) is 12.1 Å². The first kappa shape index (κ1) is 16.3. The molecule has 0 saturated carbocycles. The first-order valence-electron chi connectivity index (χ1n) is 6.98. The van der Waals surface area contributed by atoms with Crippen LogP contribution in [0.5, 0.6) is 11.5 Å². The Hall–Kier alpha value is -3.09. The fourth-order valence-corrected chi connectivity index (χ4v) is 1.91. The molecule has 23 heavy (non-hydrogen) atoms. The third-order valence-electron chi connectivity index (χ3n) is 2.95. The van der Waals surface area contributed by atoms with Crippen molar-refractivity contribution in [3.8, 4) is 11.5 Å². The molecule has 0 aliphatic carbocycles. The Labute approximate surface area is 133 Å². The highest BCUT2D eigenvalue weighted by Crippen LogP contribution is 2.27. The second-order valence-electron chi connectivity index (χ2n) is 4.52. The molecule has 7 nitrogen and oxygen atoms in total. The molecule has 0 fully saturated rings. The highest BCUT2D eigenvalue weighted by atomic mass is 16.6. The zero-order valence-electron chi connectivity index (χ0n) is 12.9. The summed E-state index contributed by atoms with van der Waals surface area (Å²) in [7, 11) is 1.57. The maximum absolute atomic E-state index is 10.7. The Balaban J connectivity index is 2.08. The lowest BCUT2D eigenvalue weighted by molar-refractivity contribution is -0.384. The van der Waals surface area contributed by atoms with Crippen molar-refractivity contribution < 1.29 is 14.4 Å². The van der Waals surface area contributed by atoms with Gasteiger partial charge in [-0.15, -0.1) is 0 Å². The zero-order chi connectivity index (χ0) is 16.7. The maximum Gasteiger partial charge on any atom is 0.271 e. The Morgan fingerprint density at radius 3 is 2.78 bits per heavy atom. The number of anilines is 1. The molecule has 0 amide bonds. The molecule has 0 spiro atoms. The molecule has 0 heterocycles. The van der Waals surface area contributed by atoms with Gasteiger partial charge in [-0.3, -0.25) is 15.5 Å². The molecule has 120 valence electrons. The zero-order valence-corrected chi connectivity index (χ0v) is 12.9. The number of hydrazone groups is 1. The molecule has 0 saturated heterocycles. The van der Waals surface area contributed by atoms with Gasteiger partial charge in [0.25, 0.3) is 5.69 Å². The normalized spacial score (nSPS) is 10.5. The third kappa shape index (κ3) is 4.44. The molecular weight excluding hydrogens is 298 g/mol. The first-order chi connectivity index (χ1) is 11.1. The van der Waals surface area contributed by atoms with E-state index in [9.17, 15) is 10.1 Å². The minimum Gasteiger partial charge on any atom is -0.493 e. The molecule has 0 aromatic heterocycles. The number of hydrogen-bond donors (Lipinski definition) is 1. The Kier molecular flexibility index (Phi) is 5.51. The van der Waals surface area contributed by atoms with Crippen LogP contribution < -0.4 is 14.9 Å². The topological polar surface area (TPSA) is 86.0 Å². The predicted octanol–water partition coefficient (Wildman–Crippen LogP) is 3.45. The van der Waals surface area contributed by atoms with E-state index in [4.69, 9.17) is 9.47 Å². The van der Waals surface area contributed by atoms with Gasteiger partial charge in [0.15, 0.2) is 11.5 Å². The largest absolute Gasteiger partial charge is 0.493 e. The Morgan fingerprint density at radius 2 is 2.09 bits per heavy atom. The Morgan fingerprint density at radius 1 is 1.26 bits per heavy atom. The van der Waals surface area contributed by atoms with Gasteiger partial charge in [-0.05, 0) is 36.8 Å². The van der Waals surface area contributed by atoms with Crippen molar-refractivity contribution in [2.24, 2.45) is 5.10 Å². The number of nitro benzene ring substituents is 1. The number of nitrogens with zero attached hydrogens (tertiary/aromatic N) is 2. The van der Waals surface area contributed by atoms with E-state index in [-0.39, 0.29) is 5.69 Å². The van der Waals surface area contributed by atoms with Gasteiger partial charge >= 0.3 is 0 Å². The number of nitro groups is 1. The molecule has 2 aromatic rings. The van der Waals surface area contributed by atoms with Crippen LogP contribution in [0.3, 0.4) is 0 Å². The number of methoxy groups -OCH3 is 1. The number of rotatable bonds is 7. The SMILES string of the molecule is CCOc1ccc(/C=N\Nc2cccc([N+](=O)[O-])c2)cc1OC. The van der Waals surface area contributed by atoms with Gasteiger partial charge in [-0.2, -0.15) is 5.10 Å². The number of nitrogens with one attached hydrogen (secondary N) is 1. The minimum absolute atomic E-state index is 0.00735. The van der Waals surface area contributed by atoms with Crippen molar-refractivity contribution in [3.05, 3.63) is 58.1 Å². The van der Waals surface area contributed by atoms with Crippen LogP contribution in [0.1, 0.15) is 12.5 Å². The summed E-state index contributed by atoms with van der Waals surface area (Å²) in [6.07, 6.45) is 1.59. The second-order valence-corrected chi connectivity index (χ2v) is 4.52. The van der Waals surface area contributed by atoms with Gasteiger partial charge in [0, 0.05) is 12.1 Å². The first-order valence-corrected chi connectivity index (χ1v) is 6.98. The molecule has 0 aliphatic heterocycles. The van der Waals surface area contributed by atoms with E-state index in [1.807, 2.05) is 13.0 Å². The molecule has 2 rings (SSSR count). The monoisotopic (exact) mass is 315 g/mol. The fourth-order valence-electron chi connectivity index (χ4n) is 1.91. The summed E-state index contributed by atoms with van der Waals surface area (Å²) < 4.78 is 10.7. The molecule has 0 atom stereocenters. The van der Waals surface area contributed by atoms with Crippen molar-refractivity contribution in [3.63, 3.8) is 0 Å². The summed E-state index contributed by atoms with van der Waals surface area (Å²) in [5.74, 6) is 1.28. The molecule has 0 aliphatic rings. The van der Waals surface area contributed by atoms with Crippen molar-refractivity contribution in [1.29, 1.82) is 0 Å². The van der Waals surface area contributed by atoms with E-state index >= 15 is 0 Å². The van der Waals surface area contributed by atoms with E-state index < -0.39 is 4.92 Å². The summed E-state index contributed by atoms with van der Waals surface area (Å²) in [6, 6.07) is 11.6. The maximum atomic E-state index is 10.7. The average Bonchev–Trinajstić information content (AvgIpc) is 2.56. The lowest BCUT2D eigenvalue weighted by Gasteiger charge is -2.09. The van der Waals surface area contributed by atoms with Crippen LogP contribution in [0.15, 0.2) is 47.6 Å². The molecular formula is C16H17N3O4. The minimum atomic E-state index is -0.452. The second kappa shape index (κ2) is 7.79. The van der Waals surface area contributed by atoms with Crippen molar-refractivity contribution in [1.82, 2.24) is 0 Å². The van der Waals surface area contributed by atoms with Crippen molar-refractivity contribution >= 4 is 17.6 Å². The van der Waals surface area contributed by atoms with E-state index in [1.54, 1.807) is 37.6 Å². The standard InChI is InChI=1S/C16H17N3O4/c1-3-23-15-8-7-12(9-16(15)22-2)11-17-18-13-5-4-6-14(10-13)19(20)21/h4-11,18H,3H2,1-2H3/b17-11-. The molecule has 2 aromatic carbocycles. The predicted molar refractivity (Wildman–Crippen MR) is 88.5 cm³/mol. The van der Waals surface area contributed by atoms with Gasteiger partial charge in [0.2, 0.25) is 0 Å². The lowest BCUT2D eigenvalue weighted by Crippen LogP contribution is -1.97. The van der Waals surface area contributed by atoms with Gasteiger partial charge in [0.1, 0.15) is 0 Å². The van der Waals surface area contributed by atoms with Crippen molar-refractivity contribution in [2.75, 3.05) is 19.1 Å². The summed E-state index contributed by atoms with van der Waals surface area (Å²) >= 11 is 0. The number of benzene rings is 2. The Bertz CT molecular complexity index is 716. The van der Waals surface area contributed by atoms with Crippen LogP contribution in [0, 0.1) is 10.1 Å². The van der Waals surface area contributed by atoms with E-state index in [2.05, 4.69) is 10.5 Å². The van der Waals surface area contributed by atoms with Gasteiger partial charge in [-0.1, -0.05) is 6.07 Å². The van der Waals surface area contributed by atoms with E-state index in [0.29, 0.717) is 23.8 Å². The molecule has 0 bridgehead atoms. The number of hydrogen-bond acceptors (Lipinski definition) is 6. The molecule has 0 radical (unpaired) electrons. The van der Waals surface area contributed by atoms with E-state index in [0.717, 1.165) is 5.56 Å². The van der Waals surface area contributed by atoms with Crippen molar-refractivity contribution in [2.45, 2.75) is 6.92 Å². The van der Waals surface area contributed by atoms with Crippen LogP contribution >= 0.6 is 0 Å². The van der Waals surface area contributed by atoms with Gasteiger partial charge < -0.3 is 9.47 Å². The van der Waals surface area contributed by atoms with Crippen LogP contribution in [0.2, 0.25) is 0 Å². The van der Waals surface area contributed by atoms with Gasteiger partial charge in [0.05, 0.1) is 30.5 Å². The molecule has 7 heteroatoms. The van der Waals surface area contributed by atoms with Crippen LogP contribution in [-0.2, 0) is 0 Å². The van der Waals surface area contributed by atoms with Gasteiger partial charge in [-0.25, -0.2) is 0 Å². The summed E-state index contributed by atoms with van der Waals surface area (Å²) in [5, 5.41) is 14.8. The average molecular weight is 315 g/mol. The molecule has 1 N–H and O–H groups in total. The summed E-state index contributed by atoms with van der Waals surface area (Å²) in [4.78, 5) is 10.3. The van der Waals surface area contributed by atoms with Crippen LogP contribution in [0.25, 0.3) is 0 Å². The fraction of sp³-hybridized carbons (Fsp3) is 0.188. The number of non-ortho nitro benzene ring substituents is 1. The highest BCUT2D eigenvalue weighted by molar-refractivity contribution is 5.81. The summed E-state index contributed by atoms with van der Waals surface area (Å²) in [6.45, 7) is 2.45. The van der Waals surface area contributed by atoms with Crippen LogP contribution in [0.4, 0.5) is 11.4 Å². The quantitative estimate of drug-likeness (QED) is 0.480.